The molecule has 0 fully saturated rings. The predicted octanol–water partition coefficient (Wildman–Crippen LogP) is 2.91. The van der Waals surface area contributed by atoms with Crippen molar-refractivity contribution in [1.29, 1.82) is 0 Å². The van der Waals surface area contributed by atoms with Gasteiger partial charge in [-0.1, -0.05) is 46.8 Å². The van der Waals surface area contributed by atoms with Gasteiger partial charge in [-0.2, -0.15) is 0 Å². The molecule has 0 heterocycles. The summed E-state index contributed by atoms with van der Waals surface area (Å²) in [7, 11) is -3.53. The predicted molar refractivity (Wildman–Crippen MR) is 99.8 cm³/mol. The normalized spacial score (nSPS) is 12.3. The summed E-state index contributed by atoms with van der Waals surface area (Å²) in [6, 6.07) is 7.32. The van der Waals surface area contributed by atoms with Crippen LogP contribution < -0.4 is 9.62 Å². The zero-order valence-corrected chi connectivity index (χ0v) is 16.4. The fourth-order valence-corrected chi connectivity index (χ4v) is 3.07. The molecule has 24 heavy (non-hydrogen) atoms. The molecule has 6 heteroatoms. The quantitative estimate of drug-likeness (QED) is 0.819. The van der Waals surface area contributed by atoms with Crippen LogP contribution in [0.15, 0.2) is 24.3 Å². The first-order chi connectivity index (χ1) is 10.9. The van der Waals surface area contributed by atoms with Crippen LogP contribution in [0.25, 0.3) is 0 Å². The number of amides is 1. The summed E-state index contributed by atoms with van der Waals surface area (Å²) in [6.45, 7) is 10.8. The smallest absolute Gasteiger partial charge is 0.240 e. The van der Waals surface area contributed by atoms with Crippen LogP contribution in [-0.4, -0.2) is 33.7 Å². The molecule has 1 rings (SSSR count). The molecular formula is C18H30N2O3S. The highest BCUT2D eigenvalue weighted by molar-refractivity contribution is 7.92. The average Bonchev–Trinajstić information content (AvgIpc) is 2.42. The van der Waals surface area contributed by atoms with Gasteiger partial charge in [-0.3, -0.25) is 9.10 Å². The van der Waals surface area contributed by atoms with Crippen LogP contribution >= 0.6 is 0 Å². The molecule has 0 saturated carbocycles. The Balaban J connectivity index is 2.89. The van der Waals surface area contributed by atoms with Gasteiger partial charge in [-0.25, -0.2) is 8.42 Å². The van der Waals surface area contributed by atoms with Crippen molar-refractivity contribution in [2.75, 3.05) is 23.7 Å². The first-order valence-corrected chi connectivity index (χ1v) is 10.1. The molecule has 1 amide bonds. The summed E-state index contributed by atoms with van der Waals surface area (Å²) < 4.78 is 25.3. The van der Waals surface area contributed by atoms with Gasteiger partial charge in [0.05, 0.1) is 11.9 Å². The van der Waals surface area contributed by atoms with Gasteiger partial charge < -0.3 is 5.32 Å². The van der Waals surface area contributed by atoms with Crippen molar-refractivity contribution >= 4 is 21.6 Å². The minimum Gasteiger partial charge on any atom is -0.355 e. The van der Waals surface area contributed by atoms with Crippen molar-refractivity contribution in [2.24, 2.45) is 5.92 Å². The van der Waals surface area contributed by atoms with Crippen molar-refractivity contribution in [2.45, 2.75) is 46.5 Å². The highest BCUT2D eigenvalue weighted by Gasteiger charge is 2.21. The maximum atomic E-state index is 12.1. The molecule has 0 saturated heterocycles. The van der Waals surface area contributed by atoms with Gasteiger partial charge in [0.2, 0.25) is 15.9 Å². The molecule has 0 unspecified atom stereocenters. The second kappa shape index (κ2) is 8.01. The third-order valence-corrected chi connectivity index (χ3v) is 4.89. The number of nitrogens with one attached hydrogen (secondary N) is 1. The van der Waals surface area contributed by atoms with Gasteiger partial charge in [0.1, 0.15) is 6.54 Å². The van der Waals surface area contributed by atoms with E-state index in [9.17, 15) is 13.2 Å². The number of nitrogens with zero attached hydrogens (tertiary/aromatic N) is 1. The van der Waals surface area contributed by atoms with Crippen LogP contribution in [0, 0.1) is 5.92 Å². The lowest BCUT2D eigenvalue weighted by Crippen LogP contribution is -2.40. The van der Waals surface area contributed by atoms with E-state index >= 15 is 0 Å². The number of hydrogen-bond donors (Lipinski definition) is 1. The topological polar surface area (TPSA) is 66.5 Å². The molecule has 0 radical (unpaired) electrons. The number of benzene rings is 1. The van der Waals surface area contributed by atoms with E-state index in [1.54, 1.807) is 12.1 Å². The van der Waals surface area contributed by atoms with Gasteiger partial charge in [-0.05, 0) is 35.4 Å². The summed E-state index contributed by atoms with van der Waals surface area (Å²) >= 11 is 0. The molecule has 0 aliphatic rings. The minimum absolute atomic E-state index is 0.0112. The van der Waals surface area contributed by atoms with E-state index in [-0.39, 0.29) is 17.9 Å². The summed E-state index contributed by atoms with van der Waals surface area (Å²) in [5, 5.41) is 2.78. The van der Waals surface area contributed by atoms with E-state index in [4.69, 9.17) is 0 Å². The molecule has 0 aliphatic carbocycles. The lowest BCUT2D eigenvalue weighted by molar-refractivity contribution is -0.119. The molecule has 0 aliphatic heterocycles. The highest BCUT2D eigenvalue weighted by Crippen LogP contribution is 2.25. The van der Waals surface area contributed by atoms with Gasteiger partial charge in [0.15, 0.2) is 0 Å². The second-order valence-corrected chi connectivity index (χ2v) is 9.51. The van der Waals surface area contributed by atoms with E-state index in [0.717, 1.165) is 22.5 Å². The van der Waals surface area contributed by atoms with Crippen LogP contribution in [0.2, 0.25) is 0 Å². The molecule has 5 nitrogen and oxygen atoms in total. The molecule has 136 valence electrons. The monoisotopic (exact) mass is 354 g/mol. The molecule has 1 N–H and O–H groups in total. The Kier molecular flexibility index (Phi) is 6.84. The fourth-order valence-electron chi connectivity index (χ4n) is 2.21. The zero-order chi connectivity index (χ0) is 18.5. The van der Waals surface area contributed by atoms with Gasteiger partial charge in [0, 0.05) is 6.54 Å². The summed E-state index contributed by atoms with van der Waals surface area (Å²) in [4.78, 5) is 12.1. The first kappa shape index (κ1) is 20.5. The second-order valence-electron chi connectivity index (χ2n) is 7.60. The molecule has 1 aromatic rings. The number of anilines is 1. The Morgan fingerprint density at radius 1 is 1.17 bits per heavy atom. The van der Waals surface area contributed by atoms with Gasteiger partial charge >= 0.3 is 0 Å². The Bertz CT molecular complexity index is 644. The van der Waals surface area contributed by atoms with Crippen molar-refractivity contribution < 1.29 is 13.2 Å². The fraction of sp³-hybridized carbons (Fsp3) is 0.611. The van der Waals surface area contributed by atoms with Crippen molar-refractivity contribution in [1.82, 2.24) is 5.32 Å². The van der Waals surface area contributed by atoms with E-state index in [1.807, 2.05) is 12.1 Å². The van der Waals surface area contributed by atoms with Gasteiger partial charge in [0.25, 0.3) is 0 Å². The largest absolute Gasteiger partial charge is 0.355 e. The van der Waals surface area contributed by atoms with Crippen LogP contribution in [0.1, 0.15) is 46.6 Å². The van der Waals surface area contributed by atoms with Crippen LogP contribution in [0.4, 0.5) is 5.69 Å². The summed E-state index contributed by atoms with van der Waals surface area (Å²) in [6.07, 6.45) is 1.98. The van der Waals surface area contributed by atoms with Crippen LogP contribution in [0.5, 0.6) is 0 Å². The molecule has 0 atom stereocenters. The van der Waals surface area contributed by atoms with Crippen molar-refractivity contribution in [3.8, 4) is 0 Å². The van der Waals surface area contributed by atoms with Gasteiger partial charge in [-0.15, -0.1) is 0 Å². The Hall–Kier alpha value is -1.56. The number of hydrogen-bond acceptors (Lipinski definition) is 3. The lowest BCUT2D eigenvalue weighted by atomic mass is 9.87. The molecule has 0 bridgehead atoms. The summed E-state index contributed by atoms with van der Waals surface area (Å²) in [5.74, 6) is 0.197. The molecule has 0 aromatic heterocycles. The van der Waals surface area contributed by atoms with E-state index in [0.29, 0.717) is 18.2 Å². The van der Waals surface area contributed by atoms with E-state index in [2.05, 4.69) is 39.9 Å². The van der Waals surface area contributed by atoms with E-state index < -0.39 is 10.0 Å². The first-order valence-electron chi connectivity index (χ1n) is 8.26. The maximum absolute atomic E-state index is 12.1. The number of carbonyl (C=O) groups excluding carboxylic acids is 1. The number of rotatable bonds is 7. The van der Waals surface area contributed by atoms with Crippen LogP contribution in [0.3, 0.4) is 0 Å². The minimum atomic E-state index is -3.53. The zero-order valence-electron chi connectivity index (χ0n) is 15.6. The number of carbonyl (C=O) groups is 1. The Morgan fingerprint density at radius 3 is 2.12 bits per heavy atom. The Morgan fingerprint density at radius 2 is 1.71 bits per heavy atom. The third-order valence-electron chi connectivity index (χ3n) is 3.75. The van der Waals surface area contributed by atoms with Crippen molar-refractivity contribution in [3.05, 3.63) is 29.8 Å². The molecule has 0 spiro atoms. The van der Waals surface area contributed by atoms with E-state index in [1.165, 1.54) is 0 Å². The standard InChI is InChI=1S/C18H30N2O3S/c1-14(2)11-12-19-17(21)13-20(24(6,22)23)16-9-7-15(8-10-16)18(3,4)5/h7-10,14H,11-13H2,1-6H3,(H,19,21). The Labute approximate surface area is 146 Å². The summed E-state index contributed by atoms with van der Waals surface area (Å²) in [5.41, 5.74) is 1.61. The van der Waals surface area contributed by atoms with Crippen molar-refractivity contribution in [3.63, 3.8) is 0 Å². The van der Waals surface area contributed by atoms with Crippen LogP contribution in [-0.2, 0) is 20.2 Å². The lowest BCUT2D eigenvalue weighted by Gasteiger charge is -2.24. The third kappa shape index (κ3) is 6.51. The molecular weight excluding hydrogens is 324 g/mol. The highest BCUT2D eigenvalue weighted by atomic mass is 32.2. The SMILES string of the molecule is CC(C)CCNC(=O)CN(c1ccc(C(C)(C)C)cc1)S(C)(=O)=O. The number of sulfonamides is 1. The molecule has 1 aromatic carbocycles. The average molecular weight is 355 g/mol. The maximum Gasteiger partial charge on any atom is 0.240 e.